The van der Waals surface area contributed by atoms with Crippen LogP contribution in [0.4, 0.5) is 0 Å². The molecular weight excluding hydrogens is 401 g/mol. The van der Waals surface area contributed by atoms with Gasteiger partial charge in [-0.3, -0.25) is 0 Å². The lowest BCUT2D eigenvalue weighted by molar-refractivity contribution is 0.476. The van der Waals surface area contributed by atoms with Crippen molar-refractivity contribution in [2.45, 2.75) is 32.9 Å². The van der Waals surface area contributed by atoms with Gasteiger partial charge in [-0.1, -0.05) is 36.4 Å². The lowest BCUT2D eigenvalue weighted by Crippen LogP contribution is -2.44. The topological polar surface area (TPSA) is 59.6 Å². The van der Waals surface area contributed by atoms with E-state index < -0.39 is 0 Å². The predicted octanol–water partition coefficient (Wildman–Crippen LogP) is 4.30. The molecule has 0 spiro atoms. The minimum atomic E-state index is -0.104. The molecular formula is C18H24IN3O. The Morgan fingerprint density at radius 2 is 1.65 bits per heavy atom. The first kappa shape index (κ1) is 19.3. The summed E-state index contributed by atoms with van der Waals surface area (Å²) in [6.07, 6.45) is 0. The fourth-order valence-electron chi connectivity index (χ4n) is 1.94. The van der Waals surface area contributed by atoms with Crippen molar-refractivity contribution in [3.05, 3.63) is 60.2 Å². The largest absolute Gasteiger partial charge is 0.457 e. The zero-order valence-corrected chi connectivity index (χ0v) is 16.1. The van der Waals surface area contributed by atoms with Gasteiger partial charge in [-0.2, -0.15) is 0 Å². The number of aliphatic imine (C=N–C) groups is 1. The summed E-state index contributed by atoms with van der Waals surface area (Å²) < 4.78 is 5.91. The molecule has 0 unspecified atom stereocenters. The summed E-state index contributed by atoms with van der Waals surface area (Å²) in [6, 6.07) is 17.5. The van der Waals surface area contributed by atoms with Crippen LogP contribution in [0.1, 0.15) is 26.3 Å². The number of nitrogens with two attached hydrogens (primary N) is 1. The Hall–Kier alpha value is -1.76. The van der Waals surface area contributed by atoms with Gasteiger partial charge >= 0.3 is 0 Å². The summed E-state index contributed by atoms with van der Waals surface area (Å²) in [4.78, 5) is 4.39. The minimum Gasteiger partial charge on any atom is -0.457 e. The average Bonchev–Trinajstić information content (AvgIpc) is 2.46. The molecule has 124 valence electrons. The molecule has 0 heterocycles. The number of para-hydroxylation sites is 2. The fraction of sp³-hybridized carbons (Fsp3) is 0.278. The Bertz CT molecular complexity index is 636. The molecule has 0 amide bonds. The van der Waals surface area contributed by atoms with Crippen LogP contribution in [0.2, 0.25) is 0 Å². The third kappa shape index (κ3) is 6.90. The zero-order valence-electron chi connectivity index (χ0n) is 13.7. The van der Waals surface area contributed by atoms with Crippen LogP contribution in [0.3, 0.4) is 0 Å². The van der Waals surface area contributed by atoms with Crippen molar-refractivity contribution in [2.75, 3.05) is 0 Å². The minimum absolute atomic E-state index is 0. The van der Waals surface area contributed by atoms with E-state index in [0.29, 0.717) is 12.5 Å². The van der Waals surface area contributed by atoms with Crippen molar-refractivity contribution in [1.29, 1.82) is 0 Å². The number of hydrogen-bond donors (Lipinski definition) is 2. The highest BCUT2D eigenvalue weighted by Crippen LogP contribution is 2.25. The molecule has 23 heavy (non-hydrogen) atoms. The van der Waals surface area contributed by atoms with E-state index in [1.165, 1.54) is 0 Å². The Kier molecular flexibility index (Phi) is 7.35. The highest BCUT2D eigenvalue weighted by atomic mass is 127. The van der Waals surface area contributed by atoms with Crippen LogP contribution in [0.25, 0.3) is 0 Å². The average molecular weight is 425 g/mol. The first-order chi connectivity index (χ1) is 10.4. The Labute approximate surface area is 155 Å². The molecule has 0 aromatic heterocycles. The number of nitrogens with one attached hydrogen (secondary N) is 1. The molecule has 0 aliphatic carbocycles. The maximum Gasteiger partial charge on any atom is 0.189 e. The molecule has 0 fully saturated rings. The second-order valence-electron chi connectivity index (χ2n) is 6.10. The van der Waals surface area contributed by atoms with Gasteiger partial charge in [0, 0.05) is 11.1 Å². The van der Waals surface area contributed by atoms with Gasteiger partial charge in [-0.05, 0) is 39.0 Å². The SMILES string of the molecule is CC(C)(C)NC(N)=NCc1ccccc1Oc1ccccc1.I. The Morgan fingerprint density at radius 3 is 2.30 bits per heavy atom. The fourth-order valence-corrected chi connectivity index (χ4v) is 1.94. The molecule has 2 aromatic rings. The number of halogens is 1. The van der Waals surface area contributed by atoms with Gasteiger partial charge in [-0.15, -0.1) is 24.0 Å². The van der Waals surface area contributed by atoms with E-state index in [2.05, 4.69) is 10.3 Å². The molecule has 0 bridgehead atoms. The van der Waals surface area contributed by atoms with Crippen LogP contribution in [0.15, 0.2) is 59.6 Å². The lowest BCUT2D eigenvalue weighted by atomic mass is 10.1. The van der Waals surface area contributed by atoms with Crippen molar-refractivity contribution >= 4 is 29.9 Å². The first-order valence-corrected chi connectivity index (χ1v) is 7.33. The molecule has 4 nitrogen and oxygen atoms in total. The lowest BCUT2D eigenvalue weighted by Gasteiger charge is -2.21. The highest BCUT2D eigenvalue weighted by molar-refractivity contribution is 14.0. The molecule has 0 atom stereocenters. The number of hydrogen-bond acceptors (Lipinski definition) is 2. The molecule has 0 saturated carbocycles. The van der Waals surface area contributed by atoms with Gasteiger partial charge in [-0.25, -0.2) is 4.99 Å². The third-order valence-corrected chi connectivity index (χ3v) is 2.87. The summed E-state index contributed by atoms with van der Waals surface area (Å²) in [5.41, 5.74) is 6.80. The first-order valence-electron chi connectivity index (χ1n) is 7.33. The molecule has 2 aromatic carbocycles. The van der Waals surface area contributed by atoms with Crippen LogP contribution >= 0.6 is 24.0 Å². The normalized spacial score (nSPS) is 11.5. The quantitative estimate of drug-likeness (QED) is 0.436. The molecule has 3 N–H and O–H groups in total. The van der Waals surface area contributed by atoms with E-state index in [0.717, 1.165) is 17.1 Å². The zero-order chi connectivity index (χ0) is 16.0. The summed E-state index contributed by atoms with van der Waals surface area (Å²) in [7, 11) is 0. The molecule has 0 radical (unpaired) electrons. The van der Waals surface area contributed by atoms with Crippen molar-refractivity contribution in [3.8, 4) is 11.5 Å². The van der Waals surface area contributed by atoms with Gasteiger partial charge in [0.2, 0.25) is 0 Å². The van der Waals surface area contributed by atoms with Gasteiger partial charge in [0.15, 0.2) is 5.96 Å². The van der Waals surface area contributed by atoms with Crippen molar-refractivity contribution in [3.63, 3.8) is 0 Å². The summed E-state index contributed by atoms with van der Waals surface area (Å²) >= 11 is 0. The van der Waals surface area contributed by atoms with Crippen LogP contribution in [0, 0.1) is 0 Å². The Balaban J connectivity index is 0.00000264. The standard InChI is InChI=1S/C18H23N3O.HI/c1-18(2,3)21-17(19)20-13-14-9-7-8-12-16(14)22-15-10-5-4-6-11-15;/h4-12H,13H2,1-3H3,(H3,19,20,21);1H. The van der Waals surface area contributed by atoms with E-state index in [9.17, 15) is 0 Å². The number of guanidine groups is 1. The molecule has 5 heteroatoms. The number of nitrogens with zero attached hydrogens (tertiary/aromatic N) is 1. The van der Waals surface area contributed by atoms with Crippen LogP contribution in [-0.4, -0.2) is 11.5 Å². The van der Waals surface area contributed by atoms with E-state index in [-0.39, 0.29) is 29.5 Å². The third-order valence-electron chi connectivity index (χ3n) is 2.87. The van der Waals surface area contributed by atoms with Crippen molar-refractivity contribution < 1.29 is 4.74 Å². The van der Waals surface area contributed by atoms with E-state index in [1.807, 2.05) is 75.4 Å². The number of rotatable bonds is 4. The summed E-state index contributed by atoms with van der Waals surface area (Å²) in [5, 5.41) is 3.15. The molecule has 0 aliphatic rings. The van der Waals surface area contributed by atoms with Crippen LogP contribution in [-0.2, 0) is 6.54 Å². The van der Waals surface area contributed by atoms with E-state index >= 15 is 0 Å². The molecule has 2 rings (SSSR count). The summed E-state index contributed by atoms with van der Waals surface area (Å²) in [5.74, 6) is 2.03. The monoisotopic (exact) mass is 425 g/mol. The van der Waals surface area contributed by atoms with Gasteiger partial charge in [0.1, 0.15) is 11.5 Å². The van der Waals surface area contributed by atoms with Crippen LogP contribution in [0.5, 0.6) is 11.5 Å². The second kappa shape index (κ2) is 8.76. The maximum atomic E-state index is 5.91. The van der Waals surface area contributed by atoms with E-state index in [4.69, 9.17) is 10.5 Å². The second-order valence-corrected chi connectivity index (χ2v) is 6.10. The van der Waals surface area contributed by atoms with Gasteiger partial charge in [0.25, 0.3) is 0 Å². The summed E-state index contributed by atoms with van der Waals surface area (Å²) in [6.45, 7) is 6.60. The Morgan fingerprint density at radius 1 is 1.04 bits per heavy atom. The van der Waals surface area contributed by atoms with Gasteiger partial charge in [0.05, 0.1) is 6.54 Å². The molecule has 0 saturated heterocycles. The van der Waals surface area contributed by atoms with Crippen molar-refractivity contribution in [1.82, 2.24) is 5.32 Å². The predicted molar refractivity (Wildman–Crippen MR) is 107 cm³/mol. The maximum absolute atomic E-state index is 5.91. The van der Waals surface area contributed by atoms with Crippen molar-refractivity contribution in [2.24, 2.45) is 10.7 Å². The van der Waals surface area contributed by atoms with Gasteiger partial charge < -0.3 is 15.8 Å². The highest BCUT2D eigenvalue weighted by Gasteiger charge is 2.10. The number of ether oxygens (including phenoxy) is 1. The number of benzene rings is 2. The molecule has 0 aliphatic heterocycles. The smallest absolute Gasteiger partial charge is 0.189 e. The van der Waals surface area contributed by atoms with Crippen LogP contribution < -0.4 is 15.8 Å². The van der Waals surface area contributed by atoms with E-state index in [1.54, 1.807) is 0 Å².